The van der Waals surface area contributed by atoms with Crippen molar-refractivity contribution in [2.24, 2.45) is 0 Å². The maximum atomic E-state index is 4.44. The van der Waals surface area contributed by atoms with Gasteiger partial charge in [0.1, 0.15) is 5.82 Å². The Labute approximate surface area is 83.3 Å². The number of aromatic nitrogens is 4. The van der Waals surface area contributed by atoms with Crippen LogP contribution in [0.5, 0.6) is 0 Å². The standard InChI is InChI=1S/C10H16N4/c1-4-7-8(5-2)12-14-10(7)11-9(6-3)13-14/h4-6H2,1-3H3,(H,11,13). The molecule has 0 bridgehead atoms. The van der Waals surface area contributed by atoms with E-state index in [0.717, 1.165) is 36.4 Å². The topological polar surface area (TPSA) is 46.0 Å². The molecule has 0 atom stereocenters. The fourth-order valence-corrected chi connectivity index (χ4v) is 1.77. The van der Waals surface area contributed by atoms with Crippen LogP contribution in [0.4, 0.5) is 0 Å². The highest BCUT2D eigenvalue weighted by atomic mass is 15.5. The number of hydrogen-bond acceptors (Lipinski definition) is 2. The minimum Gasteiger partial charge on any atom is -0.325 e. The average Bonchev–Trinajstić information content (AvgIpc) is 2.72. The monoisotopic (exact) mass is 192 g/mol. The zero-order chi connectivity index (χ0) is 10.1. The van der Waals surface area contributed by atoms with Gasteiger partial charge in [0.15, 0.2) is 5.65 Å². The van der Waals surface area contributed by atoms with Crippen molar-refractivity contribution in [3.8, 4) is 0 Å². The lowest BCUT2D eigenvalue weighted by Gasteiger charge is -1.93. The maximum absolute atomic E-state index is 4.44. The van der Waals surface area contributed by atoms with Crippen LogP contribution in [0.25, 0.3) is 5.65 Å². The third-order valence-electron chi connectivity index (χ3n) is 2.55. The van der Waals surface area contributed by atoms with Gasteiger partial charge in [0, 0.05) is 12.0 Å². The molecule has 0 spiro atoms. The molecule has 0 saturated carbocycles. The van der Waals surface area contributed by atoms with E-state index in [9.17, 15) is 0 Å². The molecule has 0 fully saturated rings. The first-order valence-electron chi connectivity index (χ1n) is 5.25. The molecule has 4 nitrogen and oxygen atoms in total. The van der Waals surface area contributed by atoms with Gasteiger partial charge in [0.2, 0.25) is 0 Å². The summed E-state index contributed by atoms with van der Waals surface area (Å²) >= 11 is 0. The number of aryl methyl sites for hydroxylation is 3. The van der Waals surface area contributed by atoms with Gasteiger partial charge in [-0.25, -0.2) is 0 Å². The summed E-state index contributed by atoms with van der Waals surface area (Å²) in [6.07, 6.45) is 2.91. The Morgan fingerprint density at radius 1 is 1.07 bits per heavy atom. The van der Waals surface area contributed by atoms with Crippen LogP contribution < -0.4 is 0 Å². The van der Waals surface area contributed by atoms with Crippen molar-refractivity contribution in [1.82, 2.24) is 19.8 Å². The summed E-state index contributed by atoms with van der Waals surface area (Å²) in [7, 11) is 0. The molecule has 0 aliphatic heterocycles. The first-order chi connectivity index (χ1) is 6.80. The van der Waals surface area contributed by atoms with Gasteiger partial charge in [0.05, 0.1) is 5.69 Å². The van der Waals surface area contributed by atoms with Crippen LogP contribution in [0.15, 0.2) is 0 Å². The van der Waals surface area contributed by atoms with Gasteiger partial charge in [-0.2, -0.15) is 5.10 Å². The SMILES string of the molecule is CCc1nn2nc(CC)c(CC)c2[nH]1. The van der Waals surface area contributed by atoms with Crippen molar-refractivity contribution in [3.05, 3.63) is 17.1 Å². The molecule has 0 saturated heterocycles. The van der Waals surface area contributed by atoms with Gasteiger partial charge in [-0.05, 0) is 12.8 Å². The summed E-state index contributed by atoms with van der Waals surface area (Å²) in [5.41, 5.74) is 3.54. The van der Waals surface area contributed by atoms with E-state index in [1.807, 2.05) is 0 Å². The summed E-state index contributed by atoms with van der Waals surface area (Å²) < 4.78 is 1.73. The van der Waals surface area contributed by atoms with Crippen LogP contribution >= 0.6 is 0 Å². The molecule has 0 amide bonds. The Balaban J connectivity index is 2.61. The molecule has 0 aliphatic rings. The molecule has 0 aliphatic carbocycles. The summed E-state index contributed by atoms with van der Waals surface area (Å²) in [6.45, 7) is 6.37. The summed E-state index contributed by atoms with van der Waals surface area (Å²) in [6, 6.07) is 0. The lowest BCUT2D eigenvalue weighted by Crippen LogP contribution is -1.92. The van der Waals surface area contributed by atoms with Gasteiger partial charge in [-0.1, -0.05) is 20.8 Å². The lowest BCUT2D eigenvalue weighted by molar-refractivity contribution is 0.766. The molecule has 0 unspecified atom stereocenters. The van der Waals surface area contributed by atoms with Crippen LogP contribution in [-0.4, -0.2) is 19.8 Å². The van der Waals surface area contributed by atoms with E-state index in [-0.39, 0.29) is 0 Å². The first kappa shape index (κ1) is 9.24. The second-order valence-electron chi connectivity index (χ2n) is 3.40. The molecule has 14 heavy (non-hydrogen) atoms. The molecule has 0 radical (unpaired) electrons. The van der Waals surface area contributed by atoms with Crippen LogP contribution in [0.3, 0.4) is 0 Å². The fourth-order valence-electron chi connectivity index (χ4n) is 1.77. The highest BCUT2D eigenvalue weighted by molar-refractivity contribution is 5.49. The van der Waals surface area contributed by atoms with Crippen molar-refractivity contribution < 1.29 is 0 Å². The molecule has 76 valence electrons. The average molecular weight is 192 g/mol. The van der Waals surface area contributed by atoms with Gasteiger partial charge >= 0.3 is 0 Å². The molecule has 4 heteroatoms. The minimum absolute atomic E-state index is 0.925. The van der Waals surface area contributed by atoms with Crippen LogP contribution in [0.1, 0.15) is 37.9 Å². The molecule has 1 N–H and O–H groups in total. The van der Waals surface area contributed by atoms with E-state index in [0.29, 0.717) is 0 Å². The van der Waals surface area contributed by atoms with E-state index < -0.39 is 0 Å². The molecular formula is C10H16N4. The third-order valence-corrected chi connectivity index (χ3v) is 2.55. The number of nitrogens with one attached hydrogen (secondary N) is 1. The molecule has 2 rings (SSSR count). The smallest absolute Gasteiger partial charge is 0.159 e. The Morgan fingerprint density at radius 3 is 2.43 bits per heavy atom. The predicted molar refractivity (Wildman–Crippen MR) is 55.5 cm³/mol. The largest absolute Gasteiger partial charge is 0.325 e. The number of hydrogen-bond donors (Lipinski definition) is 1. The molecule has 2 aromatic heterocycles. The summed E-state index contributed by atoms with van der Waals surface area (Å²) in [5, 5.41) is 8.80. The highest BCUT2D eigenvalue weighted by Gasteiger charge is 2.12. The Kier molecular flexibility index (Phi) is 2.27. The van der Waals surface area contributed by atoms with Gasteiger partial charge in [-0.15, -0.1) is 9.73 Å². The van der Waals surface area contributed by atoms with E-state index in [1.165, 1.54) is 5.56 Å². The fraction of sp³-hybridized carbons (Fsp3) is 0.600. The van der Waals surface area contributed by atoms with Crippen molar-refractivity contribution >= 4 is 5.65 Å². The third kappa shape index (κ3) is 1.22. The van der Waals surface area contributed by atoms with Crippen molar-refractivity contribution in [3.63, 3.8) is 0 Å². The van der Waals surface area contributed by atoms with Crippen molar-refractivity contribution in [2.45, 2.75) is 40.0 Å². The van der Waals surface area contributed by atoms with Crippen LogP contribution in [-0.2, 0) is 19.3 Å². The predicted octanol–water partition coefficient (Wildman–Crippen LogP) is 1.74. The second kappa shape index (κ2) is 3.44. The molecule has 0 aromatic carbocycles. The first-order valence-corrected chi connectivity index (χ1v) is 5.25. The minimum atomic E-state index is 0.925. The summed E-state index contributed by atoms with van der Waals surface area (Å²) in [5.74, 6) is 1.00. The summed E-state index contributed by atoms with van der Waals surface area (Å²) in [4.78, 5) is 3.31. The van der Waals surface area contributed by atoms with E-state index in [2.05, 4.69) is 36.0 Å². The Bertz CT molecular complexity index is 438. The van der Waals surface area contributed by atoms with Gasteiger partial charge in [0.25, 0.3) is 0 Å². The molecular weight excluding hydrogens is 176 g/mol. The lowest BCUT2D eigenvalue weighted by atomic mass is 10.1. The van der Waals surface area contributed by atoms with Crippen molar-refractivity contribution in [1.29, 1.82) is 0 Å². The molecule has 2 aromatic rings. The van der Waals surface area contributed by atoms with E-state index >= 15 is 0 Å². The van der Waals surface area contributed by atoms with E-state index in [4.69, 9.17) is 0 Å². The van der Waals surface area contributed by atoms with Crippen molar-refractivity contribution in [2.75, 3.05) is 0 Å². The Morgan fingerprint density at radius 2 is 1.86 bits per heavy atom. The van der Waals surface area contributed by atoms with Crippen LogP contribution in [0, 0.1) is 0 Å². The number of H-pyrrole nitrogens is 1. The zero-order valence-electron chi connectivity index (χ0n) is 8.96. The normalized spacial score (nSPS) is 11.4. The van der Waals surface area contributed by atoms with Crippen LogP contribution in [0.2, 0.25) is 0 Å². The number of nitrogens with zero attached hydrogens (tertiary/aromatic N) is 3. The highest BCUT2D eigenvalue weighted by Crippen LogP contribution is 2.15. The Hall–Kier alpha value is -1.32. The molecule has 2 heterocycles. The van der Waals surface area contributed by atoms with Gasteiger partial charge in [-0.3, -0.25) is 0 Å². The number of rotatable bonds is 3. The number of aromatic amines is 1. The maximum Gasteiger partial charge on any atom is 0.159 e. The van der Waals surface area contributed by atoms with E-state index in [1.54, 1.807) is 4.63 Å². The zero-order valence-corrected chi connectivity index (χ0v) is 8.96. The quantitative estimate of drug-likeness (QED) is 0.805. The van der Waals surface area contributed by atoms with Gasteiger partial charge < -0.3 is 4.98 Å². The second-order valence-corrected chi connectivity index (χ2v) is 3.40. The number of fused-ring (bicyclic) bond motifs is 1.